The number of carbonyl (C=O) groups is 1. The predicted octanol–water partition coefficient (Wildman–Crippen LogP) is 3.52. The molecular formula is C18H20ClN3O3S. The van der Waals surface area contributed by atoms with Crippen molar-refractivity contribution in [3.63, 3.8) is 0 Å². The zero-order valence-corrected chi connectivity index (χ0v) is 15.9. The molecule has 0 saturated carbocycles. The van der Waals surface area contributed by atoms with E-state index in [4.69, 9.17) is 0 Å². The number of rotatable bonds is 4. The maximum atomic E-state index is 12.6. The fourth-order valence-corrected chi connectivity index (χ4v) is 3.56. The minimum atomic E-state index is -0.426. The van der Waals surface area contributed by atoms with Crippen molar-refractivity contribution in [2.75, 3.05) is 26.2 Å². The van der Waals surface area contributed by atoms with Gasteiger partial charge in [-0.15, -0.1) is 12.4 Å². The summed E-state index contributed by atoms with van der Waals surface area (Å²) in [5.41, 5.74) is 1.46. The first-order valence-corrected chi connectivity index (χ1v) is 8.89. The number of benzene rings is 2. The molecule has 8 heteroatoms. The first-order chi connectivity index (χ1) is 12.0. The molecule has 1 aliphatic rings. The maximum absolute atomic E-state index is 12.6. The van der Waals surface area contributed by atoms with Crippen molar-refractivity contribution in [1.82, 2.24) is 10.2 Å². The van der Waals surface area contributed by atoms with E-state index in [0.29, 0.717) is 23.5 Å². The van der Waals surface area contributed by atoms with Crippen LogP contribution in [0.1, 0.15) is 15.9 Å². The molecule has 0 spiro atoms. The van der Waals surface area contributed by atoms with Crippen molar-refractivity contribution < 1.29 is 9.72 Å². The van der Waals surface area contributed by atoms with E-state index in [1.807, 2.05) is 31.2 Å². The number of halogens is 1. The highest BCUT2D eigenvalue weighted by Gasteiger charge is 2.22. The second-order valence-corrected chi connectivity index (χ2v) is 7.01. The summed E-state index contributed by atoms with van der Waals surface area (Å²) in [6.45, 7) is 4.72. The summed E-state index contributed by atoms with van der Waals surface area (Å²) in [5, 5.41) is 14.7. The van der Waals surface area contributed by atoms with E-state index in [9.17, 15) is 14.9 Å². The Labute approximate surface area is 162 Å². The van der Waals surface area contributed by atoms with Crippen molar-refractivity contribution in [1.29, 1.82) is 0 Å². The number of hydrogen-bond acceptors (Lipinski definition) is 5. The van der Waals surface area contributed by atoms with Gasteiger partial charge in [-0.2, -0.15) is 0 Å². The molecule has 1 saturated heterocycles. The third-order valence-corrected chi connectivity index (χ3v) is 5.13. The third-order valence-electron chi connectivity index (χ3n) is 4.06. The van der Waals surface area contributed by atoms with Crippen LogP contribution in [0, 0.1) is 17.0 Å². The van der Waals surface area contributed by atoms with Gasteiger partial charge < -0.3 is 10.2 Å². The van der Waals surface area contributed by atoms with Gasteiger partial charge in [0.25, 0.3) is 11.6 Å². The normalized spacial score (nSPS) is 13.8. The topological polar surface area (TPSA) is 75.5 Å². The molecule has 0 bridgehead atoms. The Morgan fingerprint density at radius 3 is 2.42 bits per heavy atom. The quantitative estimate of drug-likeness (QED) is 0.635. The summed E-state index contributed by atoms with van der Waals surface area (Å²) in [6.07, 6.45) is 0. The lowest BCUT2D eigenvalue weighted by Crippen LogP contribution is -2.46. The van der Waals surface area contributed by atoms with Gasteiger partial charge in [-0.25, -0.2) is 0 Å². The number of amides is 1. The highest BCUT2D eigenvalue weighted by atomic mass is 35.5. The molecule has 3 rings (SSSR count). The van der Waals surface area contributed by atoms with Gasteiger partial charge in [0.15, 0.2) is 0 Å². The van der Waals surface area contributed by atoms with Gasteiger partial charge in [0, 0.05) is 42.7 Å². The molecule has 2 aromatic rings. The molecule has 0 radical (unpaired) electrons. The fourth-order valence-electron chi connectivity index (χ4n) is 2.66. The lowest BCUT2D eigenvalue weighted by atomic mass is 10.1. The van der Waals surface area contributed by atoms with Gasteiger partial charge in [0.1, 0.15) is 0 Å². The number of piperazine rings is 1. The molecule has 1 heterocycles. The monoisotopic (exact) mass is 393 g/mol. The third kappa shape index (κ3) is 4.75. The molecule has 1 amide bonds. The largest absolute Gasteiger partial charge is 0.336 e. The maximum Gasteiger partial charge on any atom is 0.284 e. The molecule has 0 aliphatic carbocycles. The Morgan fingerprint density at radius 1 is 1.15 bits per heavy atom. The number of aryl methyl sites for hydroxylation is 1. The van der Waals surface area contributed by atoms with Gasteiger partial charge in [-0.1, -0.05) is 29.5 Å². The Morgan fingerprint density at radius 2 is 1.81 bits per heavy atom. The average Bonchev–Trinajstić information content (AvgIpc) is 2.64. The van der Waals surface area contributed by atoms with Crippen LogP contribution in [0.5, 0.6) is 0 Å². The number of hydrogen-bond donors (Lipinski definition) is 1. The van der Waals surface area contributed by atoms with Gasteiger partial charge in [-0.3, -0.25) is 14.9 Å². The second kappa shape index (κ2) is 9.02. The molecule has 138 valence electrons. The van der Waals surface area contributed by atoms with E-state index in [2.05, 4.69) is 5.32 Å². The molecule has 6 nitrogen and oxygen atoms in total. The van der Waals surface area contributed by atoms with Crippen LogP contribution in [0.15, 0.2) is 52.3 Å². The molecule has 1 N–H and O–H groups in total. The van der Waals surface area contributed by atoms with Crippen molar-refractivity contribution >= 4 is 35.8 Å². The summed E-state index contributed by atoms with van der Waals surface area (Å²) >= 11 is 1.33. The Hall–Kier alpha value is -2.09. The van der Waals surface area contributed by atoms with Crippen LogP contribution >= 0.6 is 24.2 Å². The Bertz CT molecular complexity index is 793. The number of nitro benzene ring substituents is 1. The summed E-state index contributed by atoms with van der Waals surface area (Å²) in [5.74, 6) is -0.156. The summed E-state index contributed by atoms with van der Waals surface area (Å²) < 4.78 is 0. The van der Waals surface area contributed by atoms with Crippen LogP contribution in [0.4, 0.5) is 5.69 Å². The van der Waals surface area contributed by atoms with Crippen molar-refractivity contribution in [3.05, 3.63) is 63.7 Å². The SMILES string of the molecule is Cc1ccc(Sc2ccc(C(=O)N3CCNCC3)cc2[N+](=O)[O-])cc1.Cl. The highest BCUT2D eigenvalue weighted by Crippen LogP contribution is 2.35. The molecule has 26 heavy (non-hydrogen) atoms. The van der Waals surface area contributed by atoms with E-state index in [0.717, 1.165) is 23.5 Å². The zero-order chi connectivity index (χ0) is 17.8. The summed E-state index contributed by atoms with van der Waals surface area (Å²) in [7, 11) is 0. The van der Waals surface area contributed by atoms with E-state index >= 15 is 0 Å². The van der Waals surface area contributed by atoms with Crippen LogP contribution in [0.2, 0.25) is 0 Å². The van der Waals surface area contributed by atoms with Gasteiger partial charge in [0.2, 0.25) is 0 Å². The van der Waals surface area contributed by atoms with E-state index < -0.39 is 4.92 Å². The van der Waals surface area contributed by atoms with Gasteiger partial charge in [0.05, 0.1) is 9.82 Å². The smallest absolute Gasteiger partial charge is 0.284 e. The van der Waals surface area contributed by atoms with E-state index in [1.165, 1.54) is 17.8 Å². The number of nitrogens with zero attached hydrogens (tertiary/aromatic N) is 2. The standard InChI is InChI=1S/C18H19N3O3S.ClH/c1-13-2-5-15(6-3-13)25-17-7-4-14(12-16(17)21(23)24)18(22)20-10-8-19-9-11-20;/h2-7,12,19H,8-11H2,1H3;1H. The molecule has 0 atom stereocenters. The van der Waals surface area contributed by atoms with E-state index in [-0.39, 0.29) is 24.0 Å². The second-order valence-electron chi connectivity index (χ2n) is 5.90. The molecule has 2 aromatic carbocycles. The van der Waals surface area contributed by atoms with Crippen LogP contribution in [-0.2, 0) is 0 Å². The Balaban J connectivity index is 0.00000243. The zero-order valence-electron chi connectivity index (χ0n) is 14.3. The molecule has 1 fully saturated rings. The number of nitro groups is 1. The van der Waals surface area contributed by atoms with Crippen molar-refractivity contribution in [3.8, 4) is 0 Å². The first kappa shape index (κ1) is 20.2. The average molecular weight is 394 g/mol. The minimum absolute atomic E-state index is 0. The summed E-state index contributed by atoms with van der Waals surface area (Å²) in [4.78, 5) is 26.8. The van der Waals surface area contributed by atoms with Crippen LogP contribution in [-0.4, -0.2) is 41.9 Å². The van der Waals surface area contributed by atoms with Crippen LogP contribution < -0.4 is 5.32 Å². The minimum Gasteiger partial charge on any atom is -0.336 e. The fraction of sp³-hybridized carbons (Fsp3) is 0.278. The van der Waals surface area contributed by atoms with Crippen LogP contribution in [0.25, 0.3) is 0 Å². The highest BCUT2D eigenvalue weighted by molar-refractivity contribution is 7.99. The first-order valence-electron chi connectivity index (χ1n) is 8.07. The lowest BCUT2D eigenvalue weighted by Gasteiger charge is -2.27. The van der Waals surface area contributed by atoms with E-state index in [1.54, 1.807) is 17.0 Å². The molecule has 0 unspecified atom stereocenters. The Kier molecular flexibility index (Phi) is 7.02. The number of carbonyl (C=O) groups excluding carboxylic acids is 1. The molecule has 0 aromatic heterocycles. The predicted molar refractivity (Wildman–Crippen MR) is 104 cm³/mol. The van der Waals surface area contributed by atoms with Crippen LogP contribution in [0.3, 0.4) is 0 Å². The summed E-state index contributed by atoms with van der Waals surface area (Å²) in [6, 6.07) is 12.5. The van der Waals surface area contributed by atoms with Gasteiger partial charge >= 0.3 is 0 Å². The lowest BCUT2D eigenvalue weighted by molar-refractivity contribution is -0.387. The van der Waals surface area contributed by atoms with Crippen molar-refractivity contribution in [2.24, 2.45) is 0 Å². The molecule has 1 aliphatic heterocycles. The van der Waals surface area contributed by atoms with Gasteiger partial charge in [-0.05, 0) is 31.2 Å². The molecular weight excluding hydrogens is 374 g/mol. The van der Waals surface area contributed by atoms with Crippen molar-refractivity contribution in [2.45, 2.75) is 16.7 Å². The number of nitrogens with one attached hydrogen (secondary N) is 1.